The smallest absolute Gasteiger partial charge is 0.246 e. The maximum atomic E-state index is 12.4. The highest BCUT2D eigenvalue weighted by atomic mass is 16.5. The molecule has 0 radical (unpaired) electrons. The van der Waals surface area contributed by atoms with Gasteiger partial charge in [0.1, 0.15) is 0 Å². The predicted octanol–water partition coefficient (Wildman–Crippen LogP) is 3.13. The largest absolute Gasteiger partial charge is 0.493 e. The Morgan fingerprint density at radius 2 is 1.92 bits per heavy atom. The molecule has 2 rings (SSSR count). The van der Waals surface area contributed by atoms with Crippen LogP contribution in [0.25, 0.3) is 6.08 Å². The molecule has 1 amide bonds. The lowest BCUT2D eigenvalue weighted by Crippen LogP contribution is -2.47. The van der Waals surface area contributed by atoms with E-state index >= 15 is 0 Å². The third-order valence-electron chi connectivity index (χ3n) is 3.70. The number of nitrogens with zero attached hydrogens (tertiary/aromatic N) is 1. The van der Waals surface area contributed by atoms with E-state index in [-0.39, 0.29) is 24.2 Å². The Balaban J connectivity index is 2.06. The molecular formula is C19H27NO4. The first-order chi connectivity index (χ1) is 11.4. The molecule has 0 bridgehead atoms. The van der Waals surface area contributed by atoms with Crippen LogP contribution >= 0.6 is 0 Å². The van der Waals surface area contributed by atoms with E-state index in [4.69, 9.17) is 14.2 Å². The van der Waals surface area contributed by atoms with Crippen LogP contribution < -0.4 is 9.47 Å². The van der Waals surface area contributed by atoms with E-state index in [1.165, 1.54) is 0 Å². The highest BCUT2D eigenvalue weighted by molar-refractivity contribution is 5.92. The van der Waals surface area contributed by atoms with E-state index in [9.17, 15) is 4.79 Å². The number of methoxy groups -OCH3 is 1. The number of rotatable bonds is 5. The predicted molar refractivity (Wildman–Crippen MR) is 94.4 cm³/mol. The summed E-state index contributed by atoms with van der Waals surface area (Å²) in [6.45, 7) is 9.15. The third-order valence-corrected chi connectivity index (χ3v) is 3.70. The van der Waals surface area contributed by atoms with Crippen molar-refractivity contribution in [1.29, 1.82) is 0 Å². The first kappa shape index (κ1) is 18.3. The van der Waals surface area contributed by atoms with Gasteiger partial charge in [-0.2, -0.15) is 0 Å². The van der Waals surface area contributed by atoms with Crippen molar-refractivity contribution in [2.45, 2.75) is 46.0 Å². The van der Waals surface area contributed by atoms with Crippen molar-refractivity contribution in [3.05, 3.63) is 29.8 Å². The number of benzene rings is 1. The van der Waals surface area contributed by atoms with Crippen LogP contribution in [0.5, 0.6) is 11.5 Å². The summed E-state index contributed by atoms with van der Waals surface area (Å²) in [4.78, 5) is 14.2. The van der Waals surface area contributed by atoms with Crippen molar-refractivity contribution in [3.63, 3.8) is 0 Å². The minimum absolute atomic E-state index is 0.00141. The van der Waals surface area contributed by atoms with Gasteiger partial charge in [-0.3, -0.25) is 4.79 Å². The van der Waals surface area contributed by atoms with Gasteiger partial charge in [0, 0.05) is 19.2 Å². The zero-order valence-corrected chi connectivity index (χ0v) is 15.1. The highest BCUT2D eigenvalue weighted by Crippen LogP contribution is 2.29. The molecule has 1 heterocycles. The summed E-state index contributed by atoms with van der Waals surface area (Å²) in [5, 5.41) is 0. The molecular weight excluding hydrogens is 306 g/mol. The minimum atomic E-state index is -0.00141. The molecule has 1 aromatic carbocycles. The van der Waals surface area contributed by atoms with Gasteiger partial charge in [0.25, 0.3) is 0 Å². The number of hydrogen-bond acceptors (Lipinski definition) is 4. The monoisotopic (exact) mass is 333 g/mol. The Morgan fingerprint density at radius 1 is 1.25 bits per heavy atom. The van der Waals surface area contributed by atoms with Gasteiger partial charge in [0.15, 0.2) is 11.5 Å². The summed E-state index contributed by atoms with van der Waals surface area (Å²) < 4.78 is 16.7. The third kappa shape index (κ3) is 4.99. The summed E-state index contributed by atoms with van der Waals surface area (Å²) in [7, 11) is 1.61. The molecule has 1 aliphatic heterocycles. The lowest BCUT2D eigenvalue weighted by atomic mass is 10.1. The minimum Gasteiger partial charge on any atom is -0.493 e. The molecule has 0 spiro atoms. The van der Waals surface area contributed by atoms with Crippen LogP contribution in [-0.4, -0.2) is 49.3 Å². The van der Waals surface area contributed by atoms with E-state index < -0.39 is 0 Å². The van der Waals surface area contributed by atoms with Crippen LogP contribution in [-0.2, 0) is 9.53 Å². The Morgan fingerprint density at radius 3 is 2.50 bits per heavy atom. The molecule has 0 aliphatic carbocycles. The van der Waals surface area contributed by atoms with Crippen LogP contribution in [0.3, 0.4) is 0 Å². The lowest BCUT2D eigenvalue weighted by Gasteiger charge is -2.34. The van der Waals surface area contributed by atoms with Crippen LogP contribution in [0.2, 0.25) is 0 Å². The van der Waals surface area contributed by atoms with E-state index in [0.29, 0.717) is 24.6 Å². The van der Waals surface area contributed by atoms with E-state index in [1.807, 2.05) is 50.8 Å². The fourth-order valence-corrected chi connectivity index (χ4v) is 2.77. The molecule has 5 heteroatoms. The van der Waals surface area contributed by atoms with Crippen molar-refractivity contribution in [2.24, 2.45) is 0 Å². The molecule has 1 fully saturated rings. The van der Waals surface area contributed by atoms with Crippen LogP contribution in [0.15, 0.2) is 24.3 Å². The van der Waals surface area contributed by atoms with Gasteiger partial charge >= 0.3 is 0 Å². The fraction of sp³-hybridized carbons (Fsp3) is 0.526. The van der Waals surface area contributed by atoms with Crippen molar-refractivity contribution in [2.75, 3.05) is 20.2 Å². The van der Waals surface area contributed by atoms with Crippen molar-refractivity contribution in [3.8, 4) is 11.5 Å². The number of carbonyl (C=O) groups is 1. The summed E-state index contributed by atoms with van der Waals surface area (Å²) in [6, 6.07) is 5.64. The first-order valence-electron chi connectivity index (χ1n) is 8.36. The topological polar surface area (TPSA) is 48.0 Å². The van der Waals surface area contributed by atoms with Gasteiger partial charge in [0.05, 0.1) is 25.4 Å². The Kier molecular flexibility index (Phi) is 6.26. The molecule has 0 aromatic heterocycles. The lowest BCUT2D eigenvalue weighted by molar-refractivity contribution is -0.137. The Labute approximate surface area is 144 Å². The number of ether oxygens (including phenoxy) is 3. The molecule has 132 valence electrons. The Bertz CT molecular complexity index is 587. The summed E-state index contributed by atoms with van der Waals surface area (Å²) in [5.74, 6) is 1.36. The van der Waals surface area contributed by atoms with Gasteiger partial charge < -0.3 is 19.1 Å². The van der Waals surface area contributed by atoms with E-state index in [1.54, 1.807) is 19.3 Å². The van der Waals surface area contributed by atoms with Gasteiger partial charge in [-0.05, 0) is 51.5 Å². The molecule has 1 aromatic rings. The maximum Gasteiger partial charge on any atom is 0.246 e. The average molecular weight is 333 g/mol. The second-order valence-corrected chi connectivity index (χ2v) is 6.41. The SMILES string of the molecule is COc1cc(/C=C/C(=O)N2C[C@@H](C)O[C@H](C)C2)ccc1OC(C)C. The van der Waals surface area contributed by atoms with Crippen molar-refractivity contribution in [1.82, 2.24) is 4.90 Å². The summed E-state index contributed by atoms with van der Waals surface area (Å²) in [6.07, 6.45) is 3.61. The van der Waals surface area contributed by atoms with Gasteiger partial charge in [-0.25, -0.2) is 0 Å². The van der Waals surface area contributed by atoms with E-state index in [0.717, 1.165) is 5.56 Å². The molecule has 0 N–H and O–H groups in total. The standard InChI is InChI=1S/C19H27NO4/c1-13(2)23-17-8-6-16(10-18(17)22-5)7-9-19(21)20-11-14(3)24-15(4)12-20/h6-10,13-15H,11-12H2,1-5H3/b9-7+/t14-,15-/m1/s1. The number of amides is 1. The van der Waals surface area contributed by atoms with Crippen molar-refractivity contribution < 1.29 is 19.0 Å². The van der Waals surface area contributed by atoms with Crippen LogP contribution in [0.4, 0.5) is 0 Å². The normalized spacial score (nSPS) is 21.3. The van der Waals surface area contributed by atoms with Gasteiger partial charge in [-0.1, -0.05) is 6.07 Å². The second kappa shape index (κ2) is 8.20. The summed E-state index contributed by atoms with van der Waals surface area (Å²) in [5.41, 5.74) is 0.894. The molecule has 5 nitrogen and oxygen atoms in total. The number of morpholine rings is 1. The molecule has 0 unspecified atom stereocenters. The average Bonchev–Trinajstić information content (AvgIpc) is 2.52. The molecule has 1 saturated heterocycles. The maximum absolute atomic E-state index is 12.4. The molecule has 2 atom stereocenters. The summed E-state index contributed by atoms with van der Waals surface area (Å²) >= 11 is 0. The molecule has 1 aliphatic rings. The molecule has 0 saturated carbocycles. The zero-order valence-electron chi connectivity index (χ0n) is 15.1. The van der Waals surface area contributed by atoms with Gasteiger partial charge in [-0.15, -0.1) is 0 Å². The second-order valence-electron chi connectivity index (χ2n) is 6.41. The zero-order chi connectivity index (χ0) is 17.7. The van der Waals surface area contributed by atoms with Crippen molar-refractivity contribution >= 4 is 12.0 Å². The van der Waals surface area contributed by atoms with Crippen LogP contribution in [0, 0.1) is 0 Å². The van der Waals surface area contributed by atoms with E-state index in [2.05, 4.69) is 0 Å². The van der Waals surface area contributed by atoms with Crippen LogP contribution in [0.1, 0.15) is 33.3 Å². The highest BCUT2D eigenvalue weighted by Gasteiger charge is 2.24. The Hall–Kier alpha value is -2.01. The number of hydrogen-bond donors (Lipinski definition) is 0. The number of carbonyl (C=O) groups excluding carboxylic acids is 1. The molecule has 24 heavy (non-hydrogen) atoms. The quantitative estimate of drug-likeness (QED) is 0.777. The first-order valence-corrected chi connectivity index (χ1v) is 8.36. The van der Waals surface area contributed by atoms with Gasteiger partial charge in [0.2, 0.25) is 5.91 Å². The fourth-order valence-electron chi connectivity index (χ4n) is 2.77.